The molecule has 0 fully saturated rings. The van der Waals surface area contributed by atoms with Crippen LogP contribution in [0, 0.1) is 19.9 Å². The number of hydrogen-bond donors (Lipinski definition) is 0. The van der Waals surface area contributed by atoms with Gasteiger partial charge in [0.2, 0.25) is 0 Å². The summed E-state index contributed by atoms with van der Waals surface area (Å²) in [7, 11) is 0. The van der Waals surface area contributed by atoms with Crippen LogP contribution >= 0.6 is 0 Å². The first-order valence-electron chi connectivity index (χ1n) is 11.3. The minimum absolute atomic E-state index is 0. The van der Waals surface area contributed by atoms with Gasteiger partial charge in [0, 0.05) is 49.4 Å². The van der Waals surface area contributed by atoms with Crippen molar-refractivity contribution in [3.63, 3.8) is 0 Å². The van der Waals surface area contributed by atoms with E-state index in [9.17, 15) is 0 Å². The van der Waals surface area contributed by atoms with Crippen molar-refractivity contribution in [2.24, 2.45) is 0 Å². The Labute approximate surface area is 218 Å². The smallest absolute Gasteiger partial charge is 0.0881 e. The normalized spacial score (nSPS) is 10.9. The van der Waals surface area contributed by atoms with Gasteiger partial charge in [-0.3, -0.25) is 9.97 Å². The second-order valence-electron chi connectivity index (χ2n) is 8.48. The quantitative estimate of drug-likeness (QED) is 0.197. The zero-order valence-corrected chi connectivity index (χ0v) is 21.8. The van der Waals surface area contributed by atoms with Crippen LogP contribution < -0.4 is 0 Å². The summed E-state index contributed by atoms with van der Waals surface area (Å²) in [6.45, 7) is 4.32. The topological polar surface area (TPSA) is 35.6 Å². The molecule has 0 aliphatic heterocycles. The molecule has 2 heterocycles. The first-order chi connectivity index (χ1) is 16.7. The van der Waals surface area contributed by atoms with Gasteiger partial charge in [-0.05, 0) is 65.9 Å². The number of benzene rings is 4. The third-order valence-electron chi connectivity index (χ3n) is 6.25. The third kappa shape index (κ3) is 4.03. The van der Waals surface area contributed by atoms with E-state index in [2.05, 4.69) is 83.6 Å². The van der Waals surface area contributed by atoms with Gasteiger partial charge in [-0.25, -0.2) is 0 Å². The van der Waals surface area contributed by atoms with E-state index in [1.54, 1.807) is 0 Å². The maximum absolute atomic E-state index is 4.76. The molecule has 6 rings (SSSR count). The van der Waals surface area contributed by atoms with Crippen molar-refractivity contribution in [2.45, 2.75) is 13.8 Å². The second-order valence-corrected chi connectivity index (χ2v) is 8.48. The summed E-state index contributed by atoms with van der Waals surface area (Å²) in [5.74, 6) is 0.836. The molecule has 0 bridgehead atoms. The number of nitrogens with zero attached hydrogens (tertiary/aromatic N) is 4. The van der Waals surface area contributed by atoms with E-state index < -0.39 is 0 Å². The van der Waals surface area contributed by atoms with Gasteiger partial charge >= 0.3 is 0 Å². The van der Waals surface area contributed by atoms with Crippen LogP contribution in [0.5, 0.6) is 0 Å². The van der Waals surface area contributed by atoms with Crippen LogP contribution in [-0.4, -0.2) is 19.1 Å². The molecule has 0 unspecified atom stereocenters. The first-order valence-corrected chi connectivity index (χ1v) is 11.3. The number of hydrogen-bond acceptors (Lipinski definition) is 2. The molecule has 0 aliphatic rings. The van der Waals surface area contributed by atoms with Crippen molar-refractivity contribution in [2.75, 3.05) is 0 Å². The van der Waals surface area contributed by atoms with Gasteiger partial charge in [0.05, 0.1) is 12.2 Å². The summed E-state index contributed by atoms with van der Waals surface area (Å²) < 4.78 is 4.26. The minimum Gasteiger partial charge on any atom is -0.339 e. The number of aromatic nitrogens is 4. The van der Waals surface area contributed by atoms with Crippen LogP contribution in [0.1, 0.15) is 11.1 Å². The molecule has 0 aliphatic carbocycles. The molecule has 6 aromatic rings. The van der Waals surface area contributed by atoms with Gasteiger partial charge in [0.25, 0.3) is 0 Å². The number of para-hydroxylation sites is 1. The summed E-state index contributed by atoms with van der Waals surface area (Å²) in [6, 6.07) is 32.7. The van der Waals surface area contributed by atoms with Gasteiger partial charge in [0.15, 0.2) is 0 Å². The molecule has 0 N–H and O–H groups in total. The van der Waals surface area contributed by atoms with Gasteiger partial charge in [-0.15, -0.1) is 18.2 Å². The van der Waals surface area contributed by atoms with Crippen molar-refractivity contribution in [3.05, 3.63) is 121 Å². The second kappa shape index (κ2) is 9.46. The fraction of sp³-hybridized carbons (Fsp3) is 0.0667. The number of aryl methyl sites for hydroxylation is 2. The van der Waals surface area contributed by atoms with E-state index in [1.807, 2.05) is 49.1 Å². The average molecular weight is 632 g/mol. The molecule has 0 saturated carbocycles. The molecule has 0 atom stereocenters. The largest absolute Gasteiger partial charge is 0.339 e. The number of imidazole rings is 2. The molecule has 4 aromatic carbocycles. The molecule has 35 heavy (non-hydrogen) atoms. The van der Waals surface area contributed by atoms with E-state index in [1.165, 1.54) is 22.3 Å². The molecular weight excluding hydrogens is 609 g/mol. The van der Waals surface area contributed by atoms with Crippen LogP contribution in [0.15, 0.2) is 104 Å². The van der Waals surface area contributed by atoms with E-state index >= 15 is 0 Å². The van der Waals surface area contributed by atoms with Gasteiger partial charge in [0.1, 0.15) is 0 Å². The standard InChI is InChI=1S/C30H23N4.Ir/c1-21-18-24(23-10-5-3-6-11-23)19-22(2)29(21)33-17-16-31-30(33)26-14-9-15-27-28(26)32-20-34(27)25-12-7-4-8-13-25;/h3-13,15-20H,1-2H3;/q-1;. The van der Waals surface area contributed by atoms with E-state index in [-0.39, 0.29) is 20.1 Å². The maximum atomic E-state index is 4.76. The van der Waals surface area contributed by atoms with Crippen LogP contribution in [0.4, 0.5) is 0 Å². The van der Waals surface area contributed by atoms with Crippen molar-refractivity contribution in [3.8, 4) is 33.9 Å². The molecule has 173 valence electrons. The van der Waals surface area contributed by atoms with Crippen molar-refractivity contribution < 1.29 is 20.1 Å². The van der Waals surface area contributed by atoms with Gasteiger partial charge in [-0.2, -0.15) is 0 Å². The predicted octanol–water partition coefficient (Wildman–Crippen LogP) is 6.96. The number of rotatable bonds is 4. The molecule has 2 aromatic heterocycles. The molecular formula is C30H23IrN4-. The molecule has 5 heteroatoms. The average Bonchev–Trinajstić information content (AvgIpc) is 3.52. The Bertz CT molecular complexity index is 1590. The molecule has 0 amide bonds. The van der Waals surface area contributed by atoms with Crippen LogP contribution in [0.25, 0.3) is 44.9 Å². The van der Waals surface area contributed by atoms with Crippen molar-refractivity contribution in [1.82, 2.24) is 19.1 Å². The van der Waals surface area contributed by atoms with E-state index in [0.29, 0.717) is 0 Å². The fourth-order valence-electron chi connectivity index (χ4n) is 4.75. The predicted molar refractivity (Wildman–Crippen MR) is 137 cm³/mol. The van der Waals surface area contributed by atoms with E-state index in [0.717, 1.165) is 33.8 Å². The van der Waals surface area contributed by atoms with Crippen LogP contribution in [0.3, 0.4) is 0 Å². The Morgan fingerprint density at radius 2 is 1.43 bits per heavy atom. The molecule has 0 saturated heterocycles. The Morgan fingerprint density at radius 1 is 0.743 bits per heavy atom. The van der Waals surface area contributed by atoms with Crippen LogP contribution in [-0.2, 0) is 20.1 Å². The minimum atomic E-state index is 0. The summed E-state index contributed by atoms with van der Waals surface area (Å²) in [6.07, 6.45) is 5.74. The fourth-order valence-corrected chi connectivity index (χ4v) is 4.75. The summed E-state index contributed by atoms with van der Waals surface area (Å²) in [5.41, 5.74) is 9.85. The number of fused-ring (bicyclic) bond motifs is 1. The van der Waals surface area contributed by atoms with E-state index in [4.69, 9.17) is 9.97 Å². The molecule has 0 spiro atoms. The Morgan fingerprint density at radius 3 is 2.14 bits per heavy atom. The maximum Gasteiger partial charge on any atom is 0.0881 e. The summed E-state index contributed by atoms with van der Waals surface area (Å²) in [5, 5.41) is 0. The Kier molecular flexibility index (Phi) is 6.21. The van der Waals surface area contributed by atoms with Crippen LogP contribution in [0.2, 0.25) is 0 Å². The molecule has 1 radical (unpaired) electrons. The van der Waals surface area contributed by atoms with Gasteiger partial charge in [-0.1, -0.05) is 54.1 Å². The third-order valence-corrected chi connectivity index (χ3v) is 6.25. The van der Waals surface area contributed by atoms with Gasteiger partial charge < -0.3 is 9.13 Å². The van der Waals surface area contributed by atoms with Crippen molar-refractivity contribution >= 4 is 11.0 Å². The molecule has 4 nitrogen and oxygen atoms in total. The summed E-state index contributed by atoms with van der Waals surface area (Å²) in [4.78, 5) is 9.50. The summed E-state index contributed by atoms with van der Waals surface area (Å²) >= 11 is 0. The first kappa shape index (κ1) is 23.0. The monoisotopic (exact) mass is 632 g/mol. The SMILES string of the molecule is Cc1cc(-c2ccccc2)cc(C)c1-n1ccnc1-c1[c-]ccc2c1ncn2-c1ccccc1.[Ir]. The Balaban J connectivity index is 0.00000253. The van der Waals surface area contributed by atoms with Crippen molar-refractivity contribution in [1.29, 1.82) is 0 Å². The Hall–Kier alpha value is -3.79. The zero-order chi connectivity index (χ0) is 23.1. The zero-order valence-electron chi connectivity index (χ0n) is 19.4.